The lowest BCUT2D eigenvalue weighted by Gasteiger charge is -2.27. The third kappa shape index (κ3) is 7.68. The van der Waals surface area contributed by atoms with Crippen LogP contribution in [0, 0.1) is 0 Å². The average Bonchev–Trinajstić information content (AvgIpc) is 2.60. The van der Waals surface area contributed by atoms with Crippen molar-refractivity contribution in [2.75, 3.05) is 47.6 Å². The molecule has 1 rings (SSSR count). The molecule has 144 valence electrons. The summed E-state index contributed by atoms with van der Waals surface area (Å²) >= 11 is 0. The molecular weight excluding hydrogens is 433 g/mol. The van der Waals surface area contributed by atoms with Crippen LogP contribution < -0.4 is 20.1 Å². The Morgan fingerprint density at radius 2 is 1.80 bits per heavy atom. The standard InChI is InChI=1S/C18H31N3O3.HI/c1-7-24-11-10-20-17(19-4)21-13-18(2,3)14-8-9-15(22-5)16(12-14)23-6;/h8-9,12H,7,10-11,13H2,1-6H3,(H2,19,20,21);1H. The number of nitrogens with one attached hydrogen (secondary N) is 2. The molecule has 6 nitrogen and oxygen atoms in total. The molecule has 1 aromatic rings. The van der Waals surface area contributed by atoms with Crippen molar-refractivity contribution >= 4 is 29.9 Å². The topological polar surface area (TPSA) is 64.1 Å². The number of rotatable bonds is 9. The Bertz CT molecular complexity index is 536. The maximum absolute atomic E-state index is 5.40. The second-order valence-corrected chi connectivity index (χ2v) is 6.00. The minimum Gasteiger partial charge on any atom is -0.493 e. The first-order valence-corrected chi connectivity index (χ1v) is 8.23. The minimum atomic E-state index is -0.100. The van der Waals surface area contributed by atoms with Gasteiger partial charge in [0.1, 0.15) is 0 Å². The van der Waals surface area contributed by atoms with E-state index in [0.29, 0.717) is 6.61 Å². The summed E-state index contributed by atoms with van der Waals surface area (Å²) in [5, 5.41) is 6.60. The van der Waals surface area contributed by atoms with E-state index in [2.05, 4.69) is 35.5 Å². The summed E-state index contributed by atoms with van der Waals surface area (Å²) in [5.41, 5.74) is 1.06. The van der Waals surface area contributed by atoms with Crippen molar-refractivity contribution in [3.8, 4) is 11.5 Å². The lowest BCUT2D eigenvalue weighted by molar-refractivity contribution is 0.152. The average molecular weight is 465 g/mol. The molecule has 0 radical (unpaired) electrons. The monoisotopic (exact) mass is 465 g/mol. The fraction of sp³-hybridized carbons (Fsp3) is 0.611. The lowest BCUT2D eigenvalue weighted by atomic mass is 9.84. The number of ether oxygens (including phenoxy) is 3. The van der Waals surface area contributed by atoms with Gasteiger partial charge in [-0.1, -0.05) is 19.9 Å². The van der Waals surface area contributed by atoms with Crippen LogP contribution in [0.25, 0.3) is 0 Å². The van der Waals surface area contributed by atoms with E-state index in [-0.39, 0.29) is 29.4 Å². The molecule has 7 heteroatoms. The number of benzene rings is 1. The molecular formula is C18H32IN3O3. The van der Waals surface area contributed by atoms with E-state index in [4.69, 9.17) is 14.2 Å². The van der Waals surface area contributed by atoms with Crippen molar-refractivity contribution in [2.24, 2.45) is 4.99 Å². The zero-order chi connectivity index (χ0) is 18.0. The van der Waals surface area contributed by atoms with Gasteiger partial charge in [-0.05, 0) is 24.6 Å². The Morgan fingerprint density at radius 3 is 2.36 bits per heavy atom. The van der Waals surface area contributed by atoms with E-state index in [1.165, 1.54) is 0 Å². The van der Waals surface area contributed by atoms with Gasteiger partial charge in [0.25, 0.3) is 0 Å². The number of aliphatic imine (C=N–C) groups is 1. The van der Waals surface area contributed by atoms with Gasteiger partial charge in [-0.2, -0.15) is 0 Å². The smallest absolute Gasteiger partial charge is 0.191 e. The van der Waals surface area contributed by atoms with E-state index < -0.39 is 0 Å². The molecule has 0 aliphatic carbocycles. The third-order valence-corrected chi connectivity index (χ3v) is 3.83. The molecule has 0 aromatic heterocycles. The molecule has 0 bridgehead atoms. The summed E-state index contributed by atoms with van der Waals surface area (Å²) in [7, 11) is 5.05. The summed E-state index contributed by atoms with van der Waals surface area (Å²) in [4.78, 5) is 4.24. The SMILES string of the molecule is CCOCCNC(=NC)NCC(C)(C)c1ccc(OC)c(OC)c1.I. The van der Waals surface area contributed by atoms with E-state index in [0.717, 1.165) is 42.7 Å². The van der Waals surface area contributed by atoms with Crippen molar-refractivity contribution in [3.05, 3.63) is 23.8 Å². The molecule has 0 aliphatic rings. The van der Waals surface area contributed by atoms with Crippen LogP contribution in [0.15, 0.2) is 23.2 Å². The van der Waals surface area contributed by atoms with Crippen LogP contribution in [0.1, 0.15) is 26.3 Å². The van der Waals surface area contributed by atoms with Crippen molar-refractivity contribution in [3.63, 3.8) is 0 Å². The first-order valence-electron chi connectivity index (χ1n) is 8.23. The van der Waals surface area contributed by atoms with Crippen LogP contribution in [-0.2, 0) is 10.2 Å². The molecule has 0 amide bonds. The summed E-state index contributed by atoms with van der Waals surface area (Å²) in [6.07, 6.45) is 0. The Morgan fingerprint density at radius 1 is 1.12 bits per heavy atom. The Kier molecular flexibility index (Phi) is 11.6. The van der Waals surface area contributed by atoms with Crippen molar-refractivity contribution in [1.29, 1.82) is 0 Å². The van der Waals surface area contributed by atoms with Crippen LogP contribution in [0.4, 0.5) is 0 Å². The molecule has 0 fully saturated rings. The highest BCUT2D eigenvalue weighted by Crippen LogP contribution is 2.32. The number of hydrogen-bond acceptors (Lipinski definition) is 4. The van der Waals surface area contributed by atoms with Gasteiger partial charge in [0.15, 0.2) is 17.5 Å². The van der Waals surface area contributed by atoms with Gasteiger partial charge in [0.05, 0.1) is 20.8 Å². The van der Waals surface area contributed by atoms with Crippen molar-refractivity contribution in [2.45, 2.75) is 26.2 Å². The maximum Gasteiger partial charge on any atom is 0.191 e. The summed E-state index contributed by atoms with van der Waals surface area (Å²) < 4.78 is 16.0. The van der Waals surface area contributed by atoms with Gasteiger partial charge >= 0.3 is 0 Å². The zero-order valence-corrected chi connectivity index (χ0v) is 18.5. The molecule has 0 aliphatic heterocycles. The van der Waals surface area contributed by atoms with Gasteiger partial charge in [-0.3, -0.25) is 4.99 Å². The lowest BCUT2D eigenvalue weighted by Crippen LogP contribution is -2.44. The van der Waals surface area contributed by atoms with Gasteiger partial charge in [-0.15, -0.1) is 24.0 Å². The van der Waals surface area contributed by atoms with Gasteiger partial charge < -0.3 is 24.8 Å². The largest absolute Gasteiger partial charge is 0.493 e. The maximum atomic E-state index is 5.40. The van der Waals surface area contributed by atoms with Crippen LogP contribution in [0.5, 0.6) is 11.5 Å². The Labute approximate surface area is 168 Å². The minimum absolute atomic E-state index is 0. The van der Waals surface area contributed by atoms with Crippen LogP contribution in [-0.4, -0.2) is 53.5 Å². The summed E-state index contributed by atoms with van der Waals surface area (Å²) in [6.45, 7) is 9.18. The highest BCUT2D eigenvalue weighted by Gasteiger charge is 2.22. The fourth-order valence-electron chi connectivity index (χ4n) is 2.27. The second-order valence-electron chi connectivity index (χ2n) is 6.00. The molecule has 2 N–H and O–H groups in total. The number of hydrogen-bond donors (Lipinski definition) is 2. The first kappa shape index (κ1) is 23.8. The Balaban J connectivity index is 0.00000576. The predicted octanol–water partition coefficient (Wildman–Crippen LogP) is 2.80. The predicted molar refractivity (Wildman–Crippen MR) is 114 cm³/mol. The number of nitrogens with zero attached hydrogens (tertiary/aromatic N) is 1. The van der Waals surface area contributed by atoms with E-state index in [1.807, 2.05) is 19.1 Å². The molecule has 0 atom stereocenters. The molecule has 0 unspecified atom stereocenters. The third-order valence-electron chi connectivity index (χ3n) is 3.83. The highest BCUT2D eigenvalue weighted by molar-refractivity contribution is 14.0. The quantitative estimate of drug-likeness (QED) is 0.254. The van der Waals surface area contributed by atoms with Gasteiger partial charge in [0, 0.05) is 32.2 Å². The highest BCUT2D eigenvalue weighted by atomic mass is 127. The summed E-state index contributed by atoms with van der Waals surface area (Å²) in [5.74, 6) is 2.24. The van der Waals surface area contributed by atoms with Crippen LogP contribution >= 0.6 is 24.0 Å². The zero-order valence-electron chi connectivity index (χ0n) is 16.1. The fourth-order valence-corrected chi connectivity index (χ4v) is 2.27. The van der Waals surface area contributed by atoms with Crippen molar-refractivity contribution < 1.29 is 14.2 Å². The Hall–Kier alpha value is -1.22. The molecule has 1 aromatic carbocycles. The second kappa shape index (κ2) is 12.2. The summed E-state index contributed by atoms with van der Waals surface area (Å²) in [6, 6.07) is 6.02. The number of halogens is 1. The molecule has 0 saturated heterocycles. The molecule has 25 heavy (non-hydrogen) atoms. The first-order chi connectivity index (χ1) is 11.5. The van der Waals surface area contributed by atoms with E-state index in [9.17, 15) is 0 Å². The van der Waals surface area contributed by atoms with Gasteiger partial charge in [0.2, 0.25) is 0 Å². The van der Waals surface area contributed by atoms with Crippen LogP contribution in [0.3, 0.4) is 0 Å². The van der Waals surface area contributed by atoms with Crippen LogP contribution in [0.2, 0.25) is 0 Å². The molecule has 0 saturated carbocycles. The molecule has 0 heterocycles. The molecule has 0 spiro atoms. The van der Waals surface area contributed by atoms with Crippen molar-refractivity contribution in [1.82, 2.24) is 10.6 Å². The van der Waals surface area contributed by atoms with Gasteiger partial charge in [-0.25, -0.2) is 0 Å². The normalized spacial score (nSPS) is 11.5. The number of guanidine groups is 1. The van der Waals surface area contributed by atoms with E-state index in [1.54, 1.807) is 21.3 Å². The van der Waals surface area contributed by atoms with E-state index >= 15 is 0 Å². The number of methoxy groups -OCH3 is 2.